The fourth-order valence-corrected chi connectivity index (χ4v) is 2.75. The zero-order valence-corrected chi connectivity index (χ0v) is 14.5. The second-order valence-electron chi connectivity index (χ2n) is 5.71. The van der Waals surface area contributed by atoms with Gasteiger partial charge >= 0.3 is 0 Å². The van der Waals surface area contributed by atoms with Gasteiger partial charge in [0.15, 0.2) is 11.5 Å². The summed E-state index contributed by atoms with van der Waals surface area (Å²) < 4.78 is 11.2. The Morgan fingerprint density at radius 2 is 2.12 bits per heavy atom. The van der Waals surface area contributed by atoms with Crippen molar-refractivity contribution in [3.63, 3.8) is 0 Å². The molecule has 0 saturated heterocycles. The van der Waals surface area contributed by atoms with Crippen LogP contribution in [0.25, 0.3) is 0 Å². The Morgan fingerprint density at radius 1 is 1.33 bits per heavy atom. The summed E-state index contributed by atoms with van der Waals surface area (Å²) in [6.45, 7) is 5.32. The van der Waals surface area contributed by atoms with E-state index in [1.54, 1.807) is 12.1 Å². The maximum atomic E-state index is 12.1. The summed E-state index contributed by atoms with van der Waals surface area (Å²) in [4.78, 5) is 16.4. The van der Waals surface area contributed by atoms with Crippen molar-refractivity contribution in [3.05, 3.63) is 24.0 Å². The number of ether oxygens (including phenoxy) is 2. The average molecular weight is 348 g/mol. The Balaban J connectivity index is 1.55. The molecule has 2 aromatic rings. The van der Waals surface area contributed by atoms with Crippen molar-refractivity contribution in [1.82, 2.24) is 15.2 Å². The summed E-state index contributed by atoms with van der Waals surface area (Å²) in [6, 6.07) is 5.40. The average Bonchev–Trinajstić information content (AvgIpc) is 2.92. The zero-order chi connectivity index (χ0) is 16.9. The van der Waals surface area contributed by atoms with E-state index in [4.69, 9.17) is 9.47 Å². The number of thioether (sulfide) groups is 1. The molecule has 1 aromatic heterocycles. The lowest BCUT2D eigenvalue weighted by atomic mass is 10.2. The topological polar surface area (TPSA) is 89.1 Å². The molecule has 0 unspecified atom stereocenters. The number of nitrogens with one attached hydrogen (secondary N) is 2. The lowest BCUT2D eigenvalue weighted by Gasteiger charge is -2.10. The van der Waals surface area contributed by atoms with Gasteiger partial charge in [-0.25, -0.2) is 4.98 Å². The number of hydrogen-bond donors (Lipinski definition) is 2. The Kier molecular flexibility index (Phi) is 5.24. The largest absolute Gasteiger partial charge is 0.490 e. The van der Waals surface area contributed by atoms with Gasteiger partial charge in [-0.15, -0.1) is 5.10 Å². The molecule has 2 heterocycles. The van der Waals surface area contributed by atoms with Crippen molar-refractivity contribution in [2.75, 3.05) is 24.3 Å². The molecule has 0 bridgehead atoms. The van der Waals surface area contributed by atoms with Gasteiger partial charge in [0, 0.05) is 24.1 Å². The van der Waals surface area contributed by atoms with Crippen molar-refractivity contribution in [2.24, 2.45) is 0 Å². The molecule has 1 aliphatic heterocycles. The van der Waals surface area contributed by atoms with E-state index in [1.165, 1.54) is 11.8 Å². The summed E-state index contributed by atoms with van der Waals surface area (Å²) >= 11 is 1.30. The molecule has 24 heavy (non-hydrogen) atoms. The molecule has 0 atom stereocenters. The van der Waals surface area contributed by atoms with Gasteiger partial charge in [0.2, 0.25) is 11.1 Å². The van der Waals surface area contributed by atoms with Crippen LogP contribution in [0.5, 0.6) is 11.5 Å². The summed E-state index contributed by atoms with van der Waals surface area (Å²) in [7, 11) is 0. The van der Waals surface area contributed by atoms with Crippen LogP contribution in [0, 0.1) is 0 Å². The number of aromatic amines is 1. The predicted octanol–water partition coefficient (Wildman–Crippen LogP) is 2.82. The smallest absolute Gasteiger partial charge is 0.234 e. The standard InChI is InChI=1S/C16H20N4O3S/c1-10(2)15-18-16(20-19-15)24-9-14(21)17-11-4-5-12-13(8-11)23-7-3-6-22-12/h4-5,8,10H,3,6-7,9H2,1-2H3,(H,17,21)(H,18,19,20). The van der Waals surface area contributed by atoms with Crippen LogP contribution in [0.4, 0.5) is 5.69 Å². The summed E-state index contributed by atoms with van der Waals surface area (Å²) in [6.07, 6.45) is 0.849. The lowest BCUT2D eigenvalue weighted by molar-refractivity contribution is -0.113. The number of carbonyl (C=O) groups excluding carboxylic acids is 1. The Labute approximate surface area is 144 Å². The van der Waals surface area contributed by atoms with Gasteiger partial charge in [0.1, 0.15) is 5.82 Å². The highest BCUT2D eigenvalue weighted by atomic mass is 32.2. The molecule has 1 amide bonds. The van der Waals surface area contributed by atoms with Gasteiger partial charge in [-0.1, -0.05) is 25.6 Å². The first kappa shape index (κ1) is 16.6. The van der Waals surface area contributed by atoms with Crippen molar-refractivity contribution in [1.29, 1.82) is 0 Å². The first-order valence-electron chi connectivity index (χ1n) is 7.86. The Morgan fingerprint density at radius 3 is 2.88 bits per heavy atom. The van der Waals surface area contributed by atoms with Crippen molar-refractivity contribution in [2.45, 2.75) is 31.3 Å². The fourth-order valence-electron chi connectivity index (χ4n) is 2.15. The number of anilines is 1. The lowest BCUT2D eigenvalue weighted by Crippen LogP contribution is -2.14. The molecule has 1 aliphatic rings. The second kappa shape index (κ2) is 7.57. The van der Waals surface area contributed by atoms with Crippen molar-refractivity contribution < 1.29 is 14.3 Å². The van der Waals surface area contributed by atoms with E-state index in [-0.39, 0.29) is 17.6 Å². The first-order chi connectivity index (χ1) is 11.6. The van der Waals surface area contributed by atoms with E-state index in [1.807, 2.05) is 19.9 Å². The van der Waals surface area contributed by atoms with Crippen LogP contribution in [0.2, 0.25) is 0 Å². The summed E-state index contributed by atoms with van der Waals surface area (Å²) in [5, 5.41) is 10.4. The molecule has 128 valence electrons. The third kappa shape index (κ3) is 4.19. The van der Waals surface area contributed by atoms with Crippen LogP contribution in [0.1, 0.15) is 32.0 Å². The molecule has 0 radical (unpaired) electrons. The number of benzene rings is 1. The number of nitrogens with zero attached hydrogens (tertiary/aromatic N) is 2. The van der Waals surface area contributed by atoms with E-state index in [0.29, 0.717) is 35.6 Å². The maximum absolute atomic E-state index is 12.1. The molecule has 7 nitrogen and oxygen atoms in total. The minimum atomic E-state index is -0.120. The van der Waals surface area contributed by atoms with Crippen molar-refractivity contribution in [3.8, 4) is 11.5 Å². The van der Waals surface area contributed by atoms with Crippen LogP contribution in [-0.4, -0.2) is 40.1 Å². The molecular weight excluding hydrogens is 328 g/mol. The summed E-state index contributed by atoms with van der Waals surface area (Å²) in [5.74, 6) is 2.59. The van der Waals surface area contributed by atoms with E-state index < -0.39 is 0 Å². The fraction of sp³-hybridized carbons (Fsp3) is 0.438. The quantitative estimate of drug-likeness (QED) is 0.808. The third-order valence-corrected chi connectivity index (χ3v) is 4.24. The van der Waals surface area contributed by atoms with E-state index in [0.717, 1.165) is 12.2 Å². The van der Waals surface area contributed by atoms with Gasteiger partial charge in [0.05, 0.1) is 19.0 Å². The van der Waals surface area contributed by atoms with Gasteiger partial charge in [0.25, 0.3) is 0 Å². The predicted molar refractivity (Wildman–Crippen MR) is 91.9 cm³/mol. The van der Waals surface area contributed by atoms with Gasteiger partial charge in [-0.05, 0) is 12.1 Å². The second-order valence-corrected chi connectivity index (χ2v) is 6.65. The molecular formula is C16H20N4O3S. The van der Waals surface area contributed by atoms with Crippen LogP contribution in [0.3, 0.4) is 0 Å². The van der Waals surface area contributed by atoms with Crippen LogP contribution >= 0.6 is 11.8 Å². The maximum Gasteiger partial charge on any atom is 0.234 e. The summed E-state index contributed by atoms with van der Waals surface area (Å²) in [5.41, 5.74) is 0.683. The molecule has 8 heteroatoms. The van der Waals surface area contributed by atoms with E-state index in [2.05, 4.69) is 20.5 Å². The molecule has 3 rings (SSSR count). The number of aromatic nitrogens is 3. The number of carbonyl (C=O) groups is 1. The highest BCUT2D eigenvalue weighted by Gasteiger charge is 2.13. The molecule has 0 saturated carbocycles. The first-order valence-corrected chi connectivity index (χ1v) is 8.85. The van der Waals surface area contributed by atoms with E-state index in [9.17, 15) is 4.79 Å². The van der Waals surface area contributed by atoms with Crippen LogP contribution in [0.15, 0.2) is 23.4 Å². The van der Waals surface area contributed by atoms with Crippen LogP contribution < -0.4 is 14.8 Å². The Hall–Kier alpha value is -2.22. The number of fused-ring (bicyclic) bond motifs is 1. The Bertz CT molecular complexity index is 717. The third-order valence-electron chi connectivity index (χ3n) is 3.39. The highest BCUT2D eigenvalue weighted by Crippen LogP contribution is 2.32. The van der Waals surface area contributed by atoms with Crippen LogP contribution in [-0.2, 0) is 4.79 Å². The highest BCUT2D eigenvalue weighted by molar-refractivity contribution is 7.99. The number of H-pyrrole nitrogens is 1. The molecule has 0 spiro atoms. The van der Waals surface area contributed by atoms with Gasteiger partial charge in [-0.2, -0.15) is 0 Å². The zero-order valence-electron chi connectivity index (χ0n) is 13.7. The monoisotopic (exact) mass is 348 g/mol. The number of hydrogen-bond acceptors (Lipinski definition) is 6. The minimum absolute atomic E-state index is 0.120. The van der Waals surface area contributed by atoms with E-state index >= 15 is 0 Å². The number of rotatable bonds is 5. The molecule has 0 fully saturated rings. The SMILES string of the molecule is CC(C)c1nc(SCC(=O)Nc2ccc3c(c2)OCCCO3)n[nH]1. The van der Waals surface area contributed by atoms with Gasteiger partial charge < -0.3 is 14.8 Å². The molecule has 1 aromatic carbocycles. The minimum Gasteiger partial charge on any atom is -0.490 e. The molecule has 2 N–H and O–H groups in total. The molecule has 0 aliphatic carbocycles. The van der Waals surface area contributed by atoms with Crippen molar-refractivity contribution >= 4 is 23.4 Å². The number of amides is 1. The normalized spacial score (nSPS) is 13.6. The van der Waals surface area contributed by atoms with Gasteiger partial charge in [-0.3, -0.25) is 9.89 Å².